The van der Waals surface area contributed by atoms with Crippen molar-refractivity contribution in [2.45, 2.75) is 19.5 Å². The highest BCUT2D eigenvalue weighted by molar-refractivity contribution is 6.04. The Morgan fingerprint density at radius 2 is 1.60 bits per heavy atom. The largest absolute Gasteiger partial charge is 0.345 e. The molecule has 1 heterocycles. The molecule has 1 atom stereocenters. The molecule has 4 nitrogen and oxygen atoms in total. The van der Waals surface area contributed by atoms with Crippen LogP contribution in [0.15, 0.2) is 109 Å². The number of amides is 1. The van der Waals surface area contributed by atoms with Gasteiger partial charge in [-0.15, -0.1) is 0 Å². The lowest BCUT2D eigenvalue weighted by molar-refractivity contribution is -0.117. The molecular formula is C31H25N3O. The predicted molar refractivity (Wildman–Crippen MR) is 142 cm³/mol. The molecule has 0 unspecified atom stereocenters. The van der Waals surface area contributed by atoms with Gasteiger partial charge in [0.05, 0.1) is 6.04 Å². The molecule has 1 amide bonds. The maximum absolute atomic E-state index is 12.9. The average molecular weight is 456 g/mol. The zero-order valence-electron chi connectivity index (χ0n) is 19.5. The lowest BCUT2D eigenvalue weighted by Crippen LogP contribution is -2.27. The number of carbonyl (C=O) groups excluding carboxylic acids is 1. The Balaban J connectivity index is 1.48. The van der Waals surface area contributed by atoms with Gasteiger partial charge >= 0.3 is 0 Å². The summed E-state index contributed by atoms with van der Waals surface area (Å²) in [7, 11) is 0. The number of fused-ring (bicyclic) bond motifs is 2. The van der Waals surface area contributed by atoms with Crippen LogP contribution in [-0.4, -0.2) is 10.5 Å². The van der Waals surface area contributed by atoms with Crippen molar-refractivity contribution in [1.82, 2.24) is 9.88 Å². The van der Waals surface area contributed by atoms with E-state index in [4.69, 9.17) is 0 Å². The summed E-state index contributed by atoms with van der Waals surface area (Å²) in [5.74, 6) is -0.380. The summed E-state index contributed by atoms with van der Waals surface area (Å²) >= 11 is 0. The van der Waals surface area contributed by atoms with Gasteiger partial charge in [0.25, 0.3) is 5.91 Å². The van der Waals surface area contributed by atoms with Crippen molar-refractivity contribution < 1.29 is 4.79 Å². The van der Waals surface area contributed by atoms with Crippen LogP contribution in [0.3, 0.4) is 0 Å². The fraction of sp³-hybridized carbons (Fsp3) is 0.0968. The second kappa shape index (κ2) is 9.70. The zero-order valence-corrected chi connectivity index (χ0v) is 19.5. The second-order valence-corrected chi connectivity index (χ2v) is 8.64. The van der Waals surface area contributed by atoms with Gasteiger partial charge in [-0.2, -0.15) is 5.26 Å². The van der Waals surface area contributed by atoms with Crippen LogP contribution < -0.4 is 5.32 Å². The van der Waals surface area contributed by atoms with Gasteiger partial charge in [-0.3, -0.25) is 4.79 Å². The van der Waals surface area contributed by atoms with Crippen molar-refractivity contribution in [3.8, 4) is 6.07 Å². The van der Waals surface area contributed by atoms with E-state index in [-0.39, 0.29) is 17.5 Å². The third-order valence-electron chi connectivity index (χ3n) is 6.35. The Bertz CT molecular complexity index is 1580. The second-order valence-electron chi connectivity index (χ2n) is 8.64. The minimum atomic E-state index is -0.380. The molecule has 5 rings (SSSR count). The van der Waals surface area contributed by atoms with Crippen LogP contribution in [0.1, 0.15) is 29.7 Å². The molecule has 4 heteroatoms. The lowest BCUT2D eigenvalue weighted by atomic mass is 10.0. The Morgan fingerprint density at radius 3 is 2.40 bits per heavy atom. The number of nitrogens with one attached hydrogen (secondary N) is 1. The van der Waals surface area contributed by atoms with E-state index in [1.165, 1.54) is 16.3 Å². The number of carbonyl (C=O) groups is 1. The maximum Gasteiger partial charge on any atom is 0.262 e. The van der Waals surface area contributed by atoms with Crippen molar-refractivity contribution in [3.05, 3.63) is 126 Å². The topological polar surface area (TPSA) is 57.8 Å². The number of hydrogen-bond acceptors (Lipinski definition) is 2. The van der Waals surface area contributed by atoms with Gasteiger partial charge in [-0.25, -0.2) is 0 Å². The van der Waals surface area contributed by atoms with Gasteiger partial charge in [-0.1, -0.05) is 91.0 Å². The highest BCUT2D eigenvalue weighted by atomic mass is 16.1. The van der Waals surface area contributed by atoms with E-state index >= 15 is 0 Å². The zero-order chi connectivity index (χ0) is 24.2. The van der Waals surface area contributed by atoms with Crippen LogP contribution in [0.5, 0.6) is 0 Å². The summed E-state index contributed by atoms with van der Waals surface area (Å²) in [6, 6.07) is 34.4. The van der Waals surface area contributed by atoms with E-state index in [2.05, 4.69) is 58.4 Å². The highest BCUT2D eigenvalue weighted by Crippen LogP contribution is 2.27. The molecular weight excluding hydrogens is 430 g/mol. The predicted octanol–water partition coefficient (Wildman–Crippen LogP) is 6.63. The Hall–Kier alpha value is -4.62. The molecule has 0 fully saturated rings. The molecule has 5 aromatic rings. The SMILES string of the molecule is C[C@H](NC(=O)/C(C#N)=C\c1cn(Cc2cccc3ccccc23)c2ccccc12)c1ccccc1. The maximum atomic E-state index is 12.9. The van der Waals surface area contributed by atoms with Crippen LogP contribution in [0.4, 0.5) is 0 Å². The fourth-order valence-corrected chi connectivity index (χ4v) is 4.54. The normalized spacial score (nSPS) is 12.4. The Labute approximate surface area is 204 Å². The Kier molecular flexibility index (Phi) is 6.15. The molecule has 0 aliphatic carbocycles. The Morgan fingerprint density at radius 1 is 0.914 bits per heavy atom. The number of hydrogen-bond donors (Lipinski definition) is 1. The standard InChI is InChI=1S/C31H25N3O/c1-22(23-10-3-2-4-11-23)33-31(35)26(19-32)18-27-21-34(30-17-8-7-16-29(27)30)20-25-14-9-13-24-12-5-6-15-28(24)25/h2-18,21-22H,20H2,1H3,(H,33,35)/b26-18-/t22-/m0/s1. The molecule has 35 heavy (non-hydrogen) atoms. The van der Waals surface area contributed by atoms with Crippen LogP contribution in [0.2, 0.25) is 0 Å². The minimum Gasteiger partial charge on any atom is -0.345 e. The number of rotatable bonds is 6. The molecule has 4 aromatic carbocycles. The first-order valence-electron chi connectivity index (χ1n) is 11.7. The van der Waals surface area contributed by atoms with Crippen LogP contribution in [0.25, 0.3) is 27.8 Å². The summed E-state index contributed by atoms with van der Waals surface area (Å²) in [4.78, 5) is 12.9. The molecule has 1 aromatic heterocycles. The average Bonchev–Trinajstić information content (AvgIpc) is 3.25. The van der Waals surface area contributed by atoms with Crippen molar-refractivity contribution in [2.24, 2.45) is 0 Å². The van der Waals surface area contributed by atoms with Gasteiger partial charge in [-0.05, 0) is 41.0 Å². The molecule has 170 valence electrons. The van der Waals surface area contributed by atoms with Crippen LogP contribution in [0, 0.1) is 11.3 Å². The van der Waals surface area contributed by atoms with E-state index in [0.29, 0.717) is 6.54 Å². The summed E-state index contributed by atoms with van der Waals surface area (Å²) in [5.41, 5.74) is 4.20. The fourth-order valence-electron chi connectivity index (χ4n) is 4.54. The van der Waals surface area contributed by atoms with E-state index < -0.39 is 0 Å². The first-order valence-corrected chi connectivity index (χ1v) is 11.7. The van der Waals surface area contributed by atoms with Gasteiger partial charge in [0.2, 0.25) is 0 Å². The van der Waals surface area contributed by atoms with Gasteiger partial charge in [0.15, 0.2) is 0 Å². The van der Waals surface area contributed by atoms with Crippen molar-refractivity contribution in [2.75, 3.05) is 0 Å². The molecule has 0 saturated heterocycles. The number of benzene rings is 4. The lowest BCUT2D eigenvalue weighted by Gasteiger charge is -2.13. The summed E-state index contributed by atoms with van der Waals surface area (Å²) < 4.78 is 2.18. The minimum absolute atomic E-state index is 0.0841. The van der Waals surface area contributed by atoms with Crippen molar-refractivity contribution >= 4 is 33.7 Å². The molecule has 0 spiro atoms. The first kappa shape index (κ1) is 22.2. The molecule has 0 aliphatic rings. The highest BCUT2D eigenvalue weighted by Gasteiger charge is 2.16. The first-order chi connectivity index (χ1) is 17.1. The van der Waals surface area contributed by atoms with Gasteiger partial charge < -0.3 is 9.88 Å². The van der Waals surface area contributed by atoms with E-state index in [1.54, 1.807) is 6.08 Å². The van der Waals surface area contributed by atoms with Crippen molar-refractivity contribution in [1.29, 1.82) is 5.26 Å². The molecule has 0 saturated carbocycles. The number of nitriles is 1. The number of nitrogens with zero attached hydrogens (tertiary/aromatic N) is 2. The third kappa shape index (κ3) is 4.58. The van der Waals surface area contributed by atoms with E-state index in [9.17, 15) is 10.1 Å². The molecule has 0 bridgehead atoms. The van der Waals surface area contributed by atoms with Crippen LogP contribution >= 0.6 is 0 Å². The number of para-hydroxylation sites is 1. The van der Waals surface area contributed by atoms with Gasteiger partial charge in [0.1, 0.15) is 11.6 Å². The molecule has 0 radical (unpaired) electrons. The summed E-state index contributed by atoms with van der Waals surface area (Å²) in [6.45, 7) is 2.60. The number of aromatic nitrogens is 1. The van der Waals surface area contributed by atoms with E-state index in [1.807, 2.05) is 67.7 Å². The monoisotopic (exact) mass is 455 g/mol. The smallest absolute Gasteiger partial charge is 0.262 e. The molecule has 0 aliphatic heterocycles. The van der Waals surface area contributed by atoms with Crippen molar-refractivity contribution in [3.63, 3.8) is 0 Å². The van der Waals surface area contributed by atoms with Gasteiger partial charge in [0, 0.05) is 29.2 Å². The van der Waals surface area contributed by atoms with Crippen LogP contribution in [-0.2, 0) is 11.3 Å². The summed E-state index contributed by atoms with van der Waals surface area (Å²) in [6.07, 6.45) is 3.71. The third-order valence-corrected chi connectivity index (χ3v) is 6.35. The quantitative estimate of drug-likeness (QED) is 0.231. The molecule has 1 N–H and O–H groups in total. The summed E-state index contributed by atoms with van der Waals surface area (Å²) in [5, 5.41) is 16.2. The van der Waals surface area contributed by atoms with E-state index in [0.717, 1.165) is 22.0 Å².